The quantitative estimate of drug-likeness (QED) is 0.806. The summed E-state index contributed by atoms with van der Waals surface area (Å²) < 4.78 is 23.7. The number of hydrogen-bond donors (Lipinski definition) is 1. The maximum Gasteiger partial charge on any atom is 0.133 e. The zero-order valence-corrected chi connectivity index (χ0v) is 9.26. The Morgan fingerprint density at radius 1 is 1.27 bits per heavy atom. The van der Waals surface area contributed by atoms with Crippen LogP contribution in [0, 0.1) is 5.82 Å². The minimum atomic E-state index is -0.290. The third-order valence-corrected chi connectivity index (χ3v) is 2.21. The molecule has 1 aromatic carbocycles. The van der Waals surface area contributed by atoms with Gasteiger partial charge in [0.1, 0.15) is 17.3 Å². The molecule has 0 aliphatic rings. The number of hydrogen-bond acceptors (Lipinski definition) is 3. The fraction of sp³-hybridized carbons (Fsp3) is 0.455. The summed E-state index contributed by atoms with van der Waals surface area (Å²) in [5, 5.41) is 2.97. The molecule has 1 aromatic rings. The van der Waals surface area contributed by atoms with Crippen molar-refractivity contribution in [2.45, 2.75) is 6.42 Å². The molecule has 0 heterocycles. The first-order valence-electron chi connectivity index (χ1n) is 4.78. The van der Waals surface area contributed by atoms with Gasteiger partial charge in [-0.2, -0.15) is 0 Å². The Labute approximate surface area is 89.2 Å². The van der Waals surface area contributed by atoms with Gasteiger partial charge in [-0.05, 0) is 20.0 Å². The first-order chi connectivity index (χ1) is 7.22. The van der Waals surface area contributed by atoms with Crippen LogP contribution in [0.3, 0.4) is 0 Å². The summed E-state index contributed by atoms with van der Waals surface area (Å²) in [7, 11) is 4.85. The van der Waals surface area contributed by atoms with E-state index in [1.165, 1.54) is 20.3 Å². The van der Waals surface area contributed by atoms with Crippen LogP contribution in [0.4, 0.5) is 4.39 Å². The average molecular weight is 213 g/mol. The van der Waals surface area contributed by atoms with Crippen LogP contribution in [0.25, 0.3) is 0 Å². The summed E-state index contributed by atoms with van der Waals surface area (Å²) in [6.07, 6.45) is 0.593. The number of ether oxygens (including phenoxy) is 2. The highest BCUT2D eigenvalue weighted by Crippen LogP contribution is 2.27. The highest BCUT2D eigenvalue weighted by atomic mass is 19.1. The number of nitrogens with one attached hydrogen (secondary N) is 1. The summed E-state index contributed by atoms with van der Waals surface area (Å²) in [4.78, 5) is 0. The first-order valence-corrected chi connectivity index (χ1v) is 4.78. The van der Waals surface area contributed by atoms with Gasteiger partial charge in [-0.25, -0.2) is 4.39 Å². The topological polar surface area (TPSA) is 30.5 Å². The van der Waals surface area contributed by atoms with Crippen LogP contribution in [0.1, 0.15) is 5.56 Å². The summed E-state index contributed by atoms with van der Waals surface area (Å²) in [5.41, 5.74) is 0.577. The fourth-order valence-corrected chi connectivity index (χ4v) is 1.38. The molecule has 0 spiro atoms. The van der Waals surface area contributed by atoms with Gasteiger partial charge in [-0.3, -0.25) is 0 Å². The van der Waals surface area contributed by atoms with Crippen LogP contribution in [-0.2, 0) is 6.42 Å². The molecule has 0 saturated carbocycles. The highest BCUT2D eigenvalue weighted by Gasteiger charge is 2.11. The molecule has 0 amide bonds. The second kappa shape index (κ2) is 5.56. The minimum absolute atomic E-state index is 0.290. The third-order valence-electron chi connectivity index (χ3n) is 2.21. The molecule has 0 bridgehead atoms. The lowest BCUT2D eigenvalue weighted by Crippen LogP contribution is -2.12. The highest BCUT2D eigenvalue weighted by molar-refractivity contribution is 5.42. The molecule has 84 valence electrons. The van der Waals surface area contributed by atoms with E-state index in [4.69, 9.17) is 9.47 Å². The molecule has 1 rings (SSSR count). The number of methoxy groups -OCH3 is 2. The van der Waals surface area contributed by atoms with Crippen LogP contribution >= 0.6 is 0 Å². The van der Waals surface area contributed by atoms with Crippen LogP contribution in [-0.4, -0.2) is 27.8 Å². The van der Waals surface area contributed by atoms with Crippen molar-refractivity contribution in [3.8, 4) is 11.5 Å². The van der Waals surface area contributed by atoms with Crippen molar-refractivity contribution in [3.63, 3.8) is 0 Å². The molecule has 0 atom stereocenters. The maximum absolute atomic E-state index is 13.6. The van der Waals surface area contributed by atoms with E-state index in [2.05, 4.69) is 5.32 Å². The van der Waals surface area contributed by atoms with Crippen molar-refractivity contribution in [3.05, 3.63) is 23.5 Å². The molecular formula is C11H16FNO2. The molecule has 0 aromatic heterocycles. The van der Waals surface area contributed by atoms with Gasteiger partial charge < -0.3 is 14.8 Å². The van der Waals surface area contributed by atoms with Gasteiger partial charge in [0.05, 0.1) is 14.2 Å². The summed E-state index contributed by atoms with van der Waals surface area (Å²) >= 11 is 0. The van der Waals surface area contributed by atoms with Crippen LogP contribution in [0.15, 0.2) is 12.1 Å². The van der Waals surface area contributed by atoms with Crippen LogP contribution in [0.5, 0.6) is 11.5 Å². The SMILES string of the molecule is CNCCc1c(F)cc(OC)cc1OC. The number of likely N-dealkylation sites (N-methyl/N-ethyl adjacent to an activating group) is 1. The third kappa shape index (κ3) is 2.83. The van der Waals surface area contributed by atoms with Crippen LogP contribution in [0.2, 0.25) is 0 Å². The number of benzene rings is 1. The summed E-state index contributed by atoms with van der Waals surface area (Å²) in [5.74, 6) is 0.709. The molecule has 0 fully saturated rings. The van der Waals surface area contributed by atoms with Crippen molar-refractivity contribution >= 4 is 0 Å². The predicted octanol–water partition coefficient (Wildman–Crippen LogP) is 1.60. The van der Waals surface area contributed by atoms with E-state index in [1.54, 1.807) is 6.07 Å². The number of rotatable bonds is 5. The zero-order chi connectivity index (χ0) is 11.3. The van der Waals surface area contributed by atoms with Gasteiger partial charge in [0, 0.05) is 17.7 Å². The second-order valence-electron chi connectivity index (χ2n) is 3.14. The van der Waals surface area contributed by atoms with Gasteiger partial charge in [0.2, 0.25) is 0 Å². The Morgan fingerprint density at radius 2 is 2.00 bits per heavy atom. The van der Waals surface area contributed by atoms with E-state index >= 15 is 0 Å². The monoisotopic (exact) mass is 213 g/mol. The van der Waals surface area contributed by atoms with Crippen molar-refractivity contribution in [2.24, 2.45) is 0 Å². The molecule has 0 aliphatic carbocycles. The molecule has 1 N–H and O–H groups in total. The molecule has 0 saturated heterocycles. The number of halogens is 1. The van der Waals surface area contributed by atoms with Crippen molar-refractivity contribution in [1.82, 2.24) is 5.32 Å². The van der Waals surface area contributed by atoms with Crippen molar-refractivity contribution in [1.29, 1.82) is 0 Å². The molecule has 3 nitrogen and oxygen atoms in total. The second-order valence-corrected chi connectivity index (χ2v) is 3.14. The Morgan fingerprint density at radius 3 is 2.53 bits per heavy atom. The van der Waals surface area contributed by atoms with Crippen molar-refractivity contribution < 1.29 is 13.9 Å². The van der Waals surface area contributed by atoms with Gasteiger partial charge in [0.25, 0.3) is 0 Å². The first kappa shape index (κ1) is 11.8. The summed E-state index contributed by atoms with van der Waals surface area (Å²) in [6, 6.07) is 3.06. The van der Waals surface area contributed by atoms with E-state index in [9.17, 15) is 4.39 Å². The lowest BCUT2D eigenvalue weighted by atomic mass is 10.1. The Bertz CT molecular complexity index is 329. The largest absolute Gasteiger partial charge is 0.497 e. The van der Waals surface area contributed by atoms with Crippen molar-refractivity contribution in [2.75, 3.05) is 27.8 Å². The molecule has 0 unspecified atom stereocenters. The van der Waals surface area contributed by atoms with E-state index in [-0.39, 0.29) is 5.82 Å². The van der Waals surface area contributed by atoms with E-state index < -0.39 is 0 Å². The summed E-state index contributed by atoms with van der Waals surface area (Å²) in [6.45, 7) is 0.708. The van der Waals surface area contributed by atoms with Gasteiger partial charge in [-0.15, -0.1) is 0 Å². The van der Waals surface area contributed by atoms with Gasteiger partial charge >= 0.3 is 0 Å². The minimum Gasteiger partial charge on any atom is -0.497 e. The zero-order valence-electron chi connectivity index (χ0n) is 9.26. The molecule has 0 aliphatic heterocycles. The molecule has 0 radical (unpaired) electrons. The lowest BCUT2D eigenvalue weighted by Gasteiger charge is -2.11. The Kier molecular flexibility index (Phi) is 4.37. The molecular weight excluding hydrogens is 197 g/mol. The average Bonchev–Trinajstić information content (AvgIpc) is 2.26. The predicted molar refractivity (Wildman–Crippen MR) is 57.1 cm³/mol. The standard InChI is InChI=1S/C11H16FNO2/c1-13-5-4-9-10(12)6-8(14-2)7-11(9)15-3/h6-7,13H,4-5H2,1-3H3. The maximum atomic E-state index is 13.6. The molecule has 4 heteroatoms. The fourth-order valence-electron chi connectivity index (χ4n) is 1.38. The van der Waals surface area contributed by atoms with E-state index in [1.807, 2.05) is 7.05 Å². The smallest absolute Gasteiger partial charge is 0.133 e. The Balaban J connectivity index is 3.01. The van der Waals surface area contributed by atoms with Gasteiger partial charge in [0.15, 0.2) is 0 Å². The Hall–Kier alpha value is -1.29. The van der Waals surface area contributed by atoms with E-state index in [0.29, 0.717) is 30.0 Å². The lowest BCUT2D eigenvalue weighted by molar-refractivity contribution is 0.383. The van der Waals surface area contributed by atoms with Gasteiger partial charge in [-0.1, -0.05) is 0 Å². The van der Waals surface area contributed by atoms with E-state index in [0.717, 1.165) is 0 Å². The molecule has 15 heavy (non-hydrogen) atoms. The normalized spacial score (nSPS) is 10.1. The van der Waals surface area contributed by atoms with Crippen LogP contribution < -0.4 is 14.8 Å².